The summed E-state index contributed by atoms with van der Waals surface area (Å²) in [4.78, 5) is 25.0. The fourth-order valence-electron chi connectivity index (χ4n) is 2.87. The molecule has 0 aromatic rings. The number of amides is 1. The number of nitrogens with zero attached hydrogens (tertiary/aromatic N) is 1. The number of sulfone groups is 1. The van der Waals surface area contributed by atoms with E-state index >= 15 is 0 Å². The number of piperidine rings is 1. The smallest absolute Gasteiger partial charge is 0.309 e. The summed E-state index contributed by atoms with van der Waals surface area (Å²) in [7, 11) is -3.32. The Kier molecular flexibility index (Phi) is 4.09. The van der Waals surface area contributed by atoms with Crippen LogP contribution in [0.1, 0.15) is 39.0 Å². The Bertz CT molecular complexity index is 505. The molecule has 2 heterocycles. The molecular weight excluding hydrogens is 282 g/mol. The molecule has 1 amide bonds. The Morgan fingerprint density at radius 3 is 2.30 bits per heavy atom. The van der Waals surface area contributed by atoms with Crippen molar-refractivity contribution in [2.45, 2.75) is 44.3 Å². The van der Waals surface area contributed by atoms with Crippen LogP contribution in [-0.2, 0) is 19.4 Å². The van der Waals surface area contributed by atoms with Gasteiger partial charge >= 0.3 is 5.97 Å². The van der Waals surface area contributed by atoms with Crippen molar-refractivity contribution < 1.29 is 23.1 Å². The molecule has 20 heavy (non-hydrogen) atoms. The van der Waals surface area contributed by atoms with Crippen LogP contribution in [0.3, 0.4) is 0 Å². The van der Waals surface area contributed by atoms with Crippen LogP contribution in [0.4, 0.5) is 0 Å². The van der Waals surface area contributed by atoms with E-state index in [-0.39, 0.29) is 11.7 Å². The Labute approximate surface area is 119 Å². The summed E-state index contributed by atoms with van der Waals surface area (Å²) in [6.45, 7) is 2.33. The van der Waals surface area contributed by atoms with Crippen molar-refractivity contribution in [2.75, 3.05) is 18.8 Å². The third-order valence-corrected chi connectivity index (χ3v) is 6.71. The first kappa shape index (κ1) is 15.3. The Morgan fingerprint density at radius 1 is 1.20 bits per heavy atom. The standard InChI is InChI=1S/C13H21NO5S/c1-13(12(16)17)5-7-14(8-6-13)11(15)10-4-2-3-9-20(10,18)19/h10H,2-9H2,1H3,(H,16,17). The van der Waals surface area contributed by atoms with Crippen LogP contribution in [-0.4, -0.2) is 54.4 Å². The first-order valence-corrected chi connectivity index (χ1v) is 8.72. The predicted octanol–water partition coefficient (Wildman–Crippen LogP) is 0.667. The first-order chi connectivity index (χ1) is 9.26. The molecular formula is C13H21NO5S. The predicted molar refractivity (Wildman–Crippen MR) is 73.0 cm³/mol. The summed E-state index contributed by atoms with van der Waals surface area (Å²) in [5, 5.41) is 8.24. The molecule has 2 aliphatic heterocycles. The second kappa shape index (κ2) is 5.35. The molecule has 0 spiro atoms. The van der Waals surface area contributed by atoms with Crippen molar-refractivity contribution in [1.29, 1.82) is 0 Å². The minimum absolute atomic E-state index is 0.0874. The second-order valence-corrected chi connectivity index (χ2v) is 8.35. The van der Waals surface area contributed by atoms with Crippen LogP contribution < -0.4 is 0 Å². The lowest BCUT2D eigenvalue weighted by Gasteiger charge is -2.38. The van der Waals surface area contributed by atoms with Crippen LogP contribution in [0.2, 0.25) is 0 Å². The number of rotatable bonds is 2. The molecule has 2 saturated heterocycles. The highest BCUT2D eigenvalue weighted by molar-refractivity contribution is 7.92. The van der Waals surface area contributed by atoms with Crippen molar-refractivity contribution in [3.63, 3.8) is 0 Å². The minimum Gasteiger partial charge on any atom is -0.481 e. The molecule has 2 rings (SSSR count). The number of likely N-dealkylation sites (tertiary alicyclic amines) is 1. The second-order valence-electron chi connectivity index (χ2n) is 6.04. The number of hydrogen-bond acceptors (Lipinski definition) is 4. The topological polar surface area (TPSA) is 91.8 Å². The normalized spacial score (nSPS) is 28.9. The van der Waals surface area contributed by atoms with Gasteiger partial charge in [0.2, 0.25) is 5.91 Å². The monoisotopic (exact) mass is 303 g/mol. The summed E-state index contributed by atoms with van der Waals surface area (Å²) in [6.07, 6.45) is 2.54. The fraction of sp³-hybridized carbons (Fsp3) is 0.846. The van der Waals surface area contributed by atoms with Gasteiger partial charge in [0.25, 0.3) is 0 Å². The molecule has 0 aromatic heterocycles. The number of carbonyl (C=O) groups is 2. The molecule has 6 nitrogen and oxygen atoms in total. The molecule has 0 bridgehead atoms. The zero-order valence-corrected chi connectivity index (χ0v) is 12.5. The molecule has 0 aliphatic carbocycles. The van der Waals surface area contributed by atoms with Crippen molar-refractivity contribution in [2.24, 2.45) is 5.41 Å². The van der Waals surface area contributed by atoms with E-state index in [1.807, 2.05) is 0 Å². The minimum atomic E-state index is -3.32. The number of carboxylic acids is 1. The van der Waals surface area contributed by atoms with Crippen LogP contribution in [0.25, 0.3) is 0 Å². The van der Waals surface area contributed by atoms with Gasteiger partial charge in [-0.3, -0.25) is 9.59 Å². The molecule has 0 radical (unpaired) electrons. The number of aliphatic carboxylic acids is 1. The highest BCUT2D eigenvalue weighted by atomic mass is 32.2. The van der Waals surface area contributed by atoms with Gasteiger partial charge in [-0.2, -0.15) is 0 Å². The average molecular weight is 303 g/mol. The van der Waals surface area contributed by atoms with Gasteiger partial charge in [-0.25, -0.2) is 8.42 Å². The molecule has 7 heteroatoms. The van der Waals surface area contributed by atoms with E-state index in [1.165, 1.54) is 4.90 Å². The lowest BCUT2D eigenvalue weighted by atomic mass is 9.80. The van der Waals surface area contributed by atoms with E-state index in [0.717, 1.165) is 6.42 Å². The van der Waals surface area contributed by atoms with Gasteiger partial charge in [-0.1, -0.05) is 6.42 Å². The van der Waals surface area contributed by atoms with Gasteiger partial charge in [0.1, 0.15) is 5.25 Å². The molecule has 1 unspecified atom stereocenters. The third kappa shape index (κ3) is 2.82. The summed E-state index contributed by atoms with van der Waals surface area (Å²) < 4.78 is 23.9. The van der Waals surface area contributed by atoms with E-state index in [1.54, 1.807) is 6.92 Å². The molecule has 1 N–H and O–H groups in total. The highest BCUT2D eigenvalue weighted by Crippen LogP contribution is 2.32. The highest BCUT2D eigenvalue weighted by Gasteiger charge is 2.42. The van der Waals surface area contributed by atoms with Crippen molar-refractivity contribution in [3.05, 3.63) is 0 Å². The summed E-state index contributed by atoms with van der Waals surface area (Å²) in [5.74, 6) is -1.10. The van der Waals surface area contributed by atoms with Crippen molar-refractivity contribution in [3.8, 4) is 0 Å². The number of carbonyl (C=O) groups excluding carboxylic acids is 1. The molecule has 2 fully saturated rings. The first-order valence-electron chi connectivity index (χ1n) is 7.00. The van der Waals surface area contributed by atoms with E-state index in [9.17, 15) is 18.0 Å². The van der Waals surface area contributed by atoms with E-state index in [0.29, 0.717) is 38.8 Å². The summed E-state index contributed by atoms with van der Waals surface area (Å²) in [5.41, 5.74) is -0.803. The fourth-order valence-corrected chi connectivity index (χ4v) is 4.74. The molecule has 0 aromatic carbocycles. The quantitative estimate of drug-likeness (QED) is 0.809. The largest absolute Gasteiger partial charge is 0.481 e. The molecule has 1 atom stereocenters. The maximum Gasteiger partial charge on any atom is 0.309 e. The zero-order valence-electron chi connectivity index (χ0n) is 11.7. The van der Waals surface area contributed by atoms with Crippen molar-refractivity contribution in [1.82, 2.24) is 4.90 Å². The van der Waals surface area contributed by atoms with Crippen LogP contribution in [0, 0.1) is 5.41 Å². The molecule has 114 valence electrons. The molecule has 0 saturated carbocycles. The zero-order chi connectivity index (χ0) is 15.0. The van der Waals surface area contributed by atoms with Gasteiger partial charge in [0.15, 0.2) is 9.84 Å². The summed E-state index contributed by atoms with van der Waals surface area (Å²) in [6, 6.07) is 0. The summed E-state index contributed by atoms with van der Waals surface area (Å²) >= 11 is 0. The Hall–Kier alpha value is -1.11. The van der Waals surface area contributed by atoms with E-state index < -0.39 is 26.5 Å². The van der Waals surface area contributed by atoms with E-state index in [2.05, 4.69) is 0 Å². The van der Waals surface area contributed by atoms with Crippen molar-refractivity contribution >= 4 is 21.7 Å². The Morgan fingerprint density at radius 2 is 1.80 bits per heavy atom. The maximum absolute atomic E-state index is 12.3. The van der Waals surface area contributed by atoms with Gasteiger partial charge < -0.3 is 10.0 Å². The van der Waals surface area contributed by atoms with E-state index in [4.69, 9.17) is 5.11 Å². The lowest BCUT2D eigenvalue weighted by molar-refractivity contribution is -0.153. The average Bonchev–Trinajstić information content (AvgIpc) is 2.38. The van der Waals surface area contributed by atoms with Crippen LogP contribution in [0.15, 0.2) is 0 Å². The lowest BCUT2D eigenvalue weighted by Crippen LogP contribution is -2.50. The van der Waals surface area contributed by atoms with Crippen LogP contribution in [0.5, 0.6) is 0 Å². The van der Waals surface area contributed by atoms with Gasteiger partial charge in [-0.05, 0) is 32.6 Å². The Balaban J connectivity index is 2.03. The third-order valence-electron chi connectivity index (χ3n) is 4.55. The SMILES string of the molecule is CC1(C(=O)O)CCN(C(=O)C2CCCCS2(=O)=O)CC1. The maximum atomic E-state index is 12.3. The van der Waals surface area contributed by atoms with Gasteiger partial charge in [-0.15, -0.1) is 0 Å². The number of carboxylic acid groups (broad SMARTS) is 1. The van der Waals surface area contributed by atoms with Gasteiger partial charge in [0, 0.05) is 13.1 Å². The molecule has 2 aliphatic rings. The van der Waals surface area contributed by atoms with Gasteiger partial charge in [0.05, 0.1) is 11.2 Å². The van der Waals surface area contributed by atoms with Crippen LogP contribution >= 0.6 is 0 Å². The number of hydrogen-bond donors (Lipinski definition) is 1.